The van der Waals surface area contributed by atoms with Crippen LogP contribution in [0.25, 0.3) is 0 Å². The largest absolute Gasteiger partial charge is 0.329 e. The Morgan fingerprint density at radius 2 is 2.00 bits per heavy atom. The molecule has 15 heavy (non-hydrogen) atoms. The van der Waals surface area contributed by atoms with Gasteiger partial charge in [-0.25, -0.2) is 0 Å². The smallest absolute Gasteiger partial charge is 0.0326 e. The van der Waals surface area contributed by atoms with E-state index in [1.165, 1.54) is 32.4 Å². The quantitative estimate of drug-likeness (QED) is 0.779. The molecule has 0 amide bonds. The molecular formula is C13H28N2. The number of nitrogens with zero attached hydrogens (tertiary/aromatic N) is 1. The van der Waals surface area contributed by atoms with E-state index in [9.17, 15) is 0 Å². The molecule has 1 aliphatic heterocycles. The van der Waals surface area contributed by atoms with E-state index >= 15 is 0 Å². The Kier molecular flexibility index (Phi) is 4.60. The summed E-state index contributed by atoms with van der Waals surface area (Å²) in [6, 6.07) is 0. The summed E-state index contributed by atoms with van der Waals surface area (Å²) < 4.78 is 0. The third-order valence-corrected chi connectivity index (χ3v) is 4.40. The third-order valence-electron chi connectivity index (χ3n) is 4.40. The average Bonchev–Trinajstić information content (AvgIpc) is 2.41. The zero-order valence-corrected chi connectivity index (χ0v) is 10.9. The lowest BCUT2D eigenvalue weighted by atomic mass is 9.86. The van der Waals surface area contributed by atoms with Gasteiger partial charge in [-0.1, -0.05) is 20.8 Å². The molecule has 2 unspecified atom stereocenters. The highest BCUT2D eigenvalue weighted by molar-refractivity contribution is 4.91. The second-order valence-corrected chi connectivity index (χ2v) is 5.74. The fourth-order valence-corrected chi connectivity index (χ4v) is 2.50. The molecule has 0 aliphatic carbocycles. The van der Waals surface area contributed by atoms with Gasteiger partial charge in [0, 0.05) is 12.1 Å². The SMILES string of the molecule is CC1CCCN(C(C)(CN)C(C)C)CC1. The van der Waals surface area contributed by atoms with Gasteiger partial charge in [0.1, 0.15) is 0 Å². The minimum Gasteiger partial charge on any atom is -0.329 e. The van der Waals surface area contributed by atoms with E-state index in [-0.39, 0.29) is 5.54 Å². The van der Waals surface area contributed by atoms with Gasteiger partial charge in [-0.15, -0.1) is 0 Å². The van der Waals surface area contributed by atoms with Gasteiger partial charge in [0.05, 0.1) is 0 Å². The van der Waals surface area contributed by atoms with Crippen LogP contribution in [-0.2, 0) is 0 Å². The predicted molar refractivity (Wildman–Crippen MR) is 66.9 cm³/mol. The Labute approximate surface area is 95.2 Å². The molecule has 1 saturated heterocycles. The number of rotatable bonds is 3. The first kappa shape index (κ1) is 13.0. The topological polar surface area (TPSA) is 29.3 Å². The molecule has 2 nitrogen and oxygen atoms in total. The Hall–Kier alpha value is -0.0800. The summed E-state index contributed by atoms with van der Waals surface area (Å²) in [4.78, 5) is 2.63. The molecule has 0 aromatic rings. The van der Waals surface area contributed by atoms with Crippen LogP contribution in [0.2, 0.25) is 0 Å². The number of hydrogen-bond donors (Lipinski definition) is 1. The lowest BCUT2D eigenvalue weighted by Gasteiger charge is -2.43. The average molecular weight is 212 g/mol. The molecule has 1 rings (SSSR count). The van der Waals surface area contributed by atoms with Gasteiger partial charge >= 0.3 is 0 Å². The number of hydrogen-bond acceptors (Lipinski definition) is 2. The second kappa shape index (κ2) is 5.31. The van der Waals surface area contributed by atoms with Gasteiger partial charge < -0.3 is 5.73 Å². The van der Waals surface area contributed by atoms with Crippen molar-refractivity contribution < 1.29 is 0 Å². The standard InChI is InChI=1S/C13H28N2/c1-11(2)13(4,10-14)15-8-5-6-12(3)7-9-15/h11-12H,5-10,14H2,1-4H3. The molecule has 2 heteroatoms. The van der Waals surface area contributed by atoms with Crippen LogP contribution >= 0.6 is 0 Å². The van der Waals surface area contributed by atoms with Crippen molar-refractivity contribution in [3.05, 3.63) is 0 Å². The minimum absolute atomic E-state index is 0.198. The van der Waals surface area contributed by atoms with Crippen LogP contribution < -0.4 is 5.73 Å². The van der Waals surface area contributed by atoms with Gasteiger partial charge in [-0.2, -0.15) is 0 Å². The maximum Gasteiger partial charge on any atom is 0.0326 e. The molecule has 1 heterocycles. The van der Waals surface area contributed by atoms with Gasteiger partial charge in [0.15, 0.2) is 0 Å². The van der Waals surface area contributed by atoms with Crippen LogP contribution in [-0.4, -0.2) is 30.1 Å². The summed E-state index contributed by atoms with van der Waals surface area (Å²) in [6.07, 6.45) is 4.06. The van der Waals surface area contributed by atoms with Gasteiger partial charge in [0.25, 0.3) is 0 Å². The fraction of sp³-hybridized carbons (Fsp3) is 1.00. The predicted octanol–water partition coefficient (Wildman–Crippen LogP) is 2.48. The third kappa shape index (κ3) is 2.94. The monoisotopic (exact) mass is 212 g/mol. The van der Waals surface area contributed by atoms with Crippen molar-refractivity contribution >= 4 is 0 Å². The number of nitrogens with two attached hydrogens (primary N) is 1. The fourth-order valence-electron chi connectivity index (χ4n) is 2.50. The van der Waals surface area contributed by atoms with Crippen LogP contribution in [0.4, 0.5) is 0 Å². The molecule has 0 bridgehead atoms. The molecule has 0 radical (unpaired) electrons. The summed E-state index contributed by atoms with van der Waals surface area (Å²) in [5, 5.41) is 0. The molecular weight excluding hydrogens is 184 g/mol. The minimum atomic E-state index is 0.198. The summed E-state index contributed by atoms with van der Waals surface area (Å²) in [5.41, 5.74) is 6.18. The van der Waals surface area contributed by atoms with E-state index in [0.717, 1.165) is 12.5 Å². The van der Waals surface area contributed by atoms with E-state index in [0.29, 0.717) is 5.92 Å². The zero-order chi connectivity index (χ0) is 11.5. The Morgan fingerprint density at radius 3 is 2.53 bits per heavy atom. The summed E-state index contributed by atoms with van der Waals surface area (Å²) in [7, 11) is 0. The van der Waals surface area contributed by atoms with Crippen molar-refractivity contribution in [1.29, 1.82) is 0 Å². The Bertz CT molecular complexity index is 191. The van der Waals surface area contributed by atoms with E-state index in [4.69, 9.17) is 5.73 Å². The molecule has 0 aromatic heterocycles. The van der Waals surface area contributed by atoms with Crippen molar-refractivity contribution in [1.82, 2.24) is 4.90 Å². The molecule has 0 spiro atoms. The van der Waals surface area contributed by atoms with Gasteiger partial charge in [-0.05, 0) is 51.1 Å². The second-order valence-electron chi connectivity index (χ2n) is 5.74. The van der Waals surface area contributed by atoms with Crippen LogP contribution in [0, 0.1) is 11.8 Å². The van der Waals surface area contributed by atoms with Crippen LogP contribution in [0.15, 0.2) is 0 Å². The maximum atomic E-state index is 5.98. The Balaban J connectivity index is 2.67. The molecule has 1 aliphatic rings. The van der Waals surface area contributed by atoms with Gasteiger partial charge in [0.2, 0.25) is 0 Å². The molecule has 1 fully saturated rings. The molecule has 2 N–H and O–H groups in total. The van der Waals surface area contributed by atoms with Crippen molar-refractivity contribution in [3.8, 4) is 0 Å². The van der Waals surface area contributed by atoms with Crippen LogP contribution in [0.1, 0.15) is 47.0 Å². The van der Waals surface area contributed by atoms with E-state index < -0.39 is 0 Å². The van der Waals surface area contributed by atoms with Crippen molar-refractivity contribution in [2.75, 3.05) is 19.6 Å². The number of likely N-dealkylation sites (tertiary alicyclic amines) is 1. The summed E-state index contributed by atoms with van der Waals surface area (Å²) in [6.45, 7) is 12.5. The van der Waals surface area contributed by atoms with Crippen LogP contribution in [0.3, 0.4) is 0 Å². The Morgan fingerprint density at radius 1 is 1.33 bits per heavy atom. The van der Waals surface area contributed by atoms with E-state index in [2.05, 4.69) is 32.6 Å². The first-order chi connectivity index (χ1) is 7.00. The summed E-state index contributed by atoms with van der Waals surface area (Å²) in [5.74, 6) is 1.53. The molecule has 0 saturated carbocycles. The zero-order valence-electron chi connectivity index (χ0n) is 10.9. The van der Waals surface area contributed by atoms with E-state index in [1.54, 1.807) is 0 Å². The van der Waals surface area contributed by atoms with Gasteiger partial charge in [-0.3, -0.25) is 4.90 Å². The van der Waals surface area contributed by atoms with Crippen LogP contribution in [0.5, 0.6) is 0 Å². The molecule has 0 aromatic carbocycles. The first-order valence-corrected chi connectivity index (χ1v) is 6.46. The highest BCUT2D eigenvalue weighted by Crippen LogP contribution is 2.28. The maximum absolute atomic E-state index is 5.98. The molecule has 2 atom stereocenters. The van der Waals surface area contributed by atoms with Crippen molar-refractivity contribution in [3.63, 3.8) is 0 Å². The normalized spacial score (nSPS) is 28.8. The molecule has 90 valence electrons. The first-order valence-electron chi connectivity index (χ1n) is 6.46. The highest BCUT2D eigenvalue weighted by Gasteiger charge is 2.34. The van der Waals surface area contributed by atoms with Crippen molar-refractivity contribution in [2.24, 2.45) is 17.6 Å². The van der Waals surface area contributed by atoms with E-state index in [1.807, 2.05) is 0 Å². The highest BCUT2D eigenvalue weighted by atomic mass is 15.2. The lowest BCUT2D eigenvalue weighted by Crippen LogP contribution is -2.55. The van der Waals surface area contributed by atoms with Crippen molar-refractivity contribution in [2.45, 2.75) is 52.5 Å². The lowest BCUT2D eigenvalue weighted by molar-refractivity contribution is 0.0699. The summed E-state index contributed by atoms with van der Waals surface area (Å²) >= 11 is 0.